The van der Waals surface area contributed by atoms with Crippen LogP contribution in [0.4, 0.5) is 14.5 Å². The lowest BCUT2D eigenvalue weighted by Crippen LogP contribution is -2.36. The molecule has 0 spiro atoms. The number of guanidine groups is 1. The van der Waals surface area contributed by atoms with Crippen molar-refractivity contribution in [2.45, 2.75) is 26.6 Å². The maximum Gasteiger partial charge on any atom is 0.387 e. The number of aliphatic imine (C=N–C) groups is 1. The summed E-state index contributed by atoms with van der Waals surface area (Å²) in [6.07, 6.45) is 4.31. The van der Waals surface area contributed by atoms with Crippen LogP contribution in [-0.4, -0.2) is 39.3 Å². The molecule has 0 aromatic heterocycles. The van der Waals surface area contributed by atoms with E-state index in [9.17, 15) is 8.78 Å². The summed E-state index contributed by atoms with van der Waals surface area (Å²) in [4.78, 5) is 6.51. The molecule has 0 saturated heterocycles. The summed E-state index contributed by atoms with van der Waals surface area (Å²) in [5.74, 6) is 0.880. The second-order valence-electron chi connectivity index (χ2n) is 6.88. The first-order valence-corrected chi connectivity index (χ1v) is 10.2. The van der Waals surface area contributed by atoms with Gasteiger partial charge in [-0.1, -0.05) is 36.4 Å². The quantitative estimate of drug-likeness (QED) is 0.359. The molecule has 0 amide bonds. The first kappa shape index (κ1) is 22.4. The molecule has 0 unspecified atom stereocenters. The van der Waals surface area contributed by atoms with Crippen LogP contribution in [-0.2, 0) is 13.1 Å². The maximum atomic E-state index is 12.9. The number of benzene rings is 2. The van der Waals surface area contributed by atoms with Gasteiger partial charge in [0, 0.05) is 44.5 Å². The van der Waals surface area contributed by atoms with Crippen LogP contribution in [0.25, 0.3) is 0 Å². The van der Waals surface area contributed by atoms with Gasteiger partial charge >= 0.3 is 6.61 Å². The van der Waals surface area contributed by atoms with E-state index in [1.807, 2.05) is 12.1 Å². The molecule has 3 rings (SSSR count). The van der Waals surface area contributed by atoms with E-state index in [2.05, 4.69) is 44.8 Å². The number of nitrogens with zero attached hydrogens (tertiary/aromatic N) is 2. The summed E-state index contributed by atoms with van der Waals surface area (Å²) in [5.41, 5.74) is 2.85. The molecule has 0 atom stereocenters. The fraction of sp³-hybridized carbons (Fsp3) is 0.348. The van der Waals surface area contributed by atoms with Gasteiger partial charge in [-0.2, -0.15) is 8.78 Å². The van der Waals surface area contributed by atoms with Gasteiger partial charge in [-0.05, 0) is 30.7 Å². The highest BCUT2D eigenvalue weighted by molar-refractivity contribution is 5.79. The molecule has 0 bridgehead atoms. The molecule has 0 aliphatic carbocycles. The third-order valence-electron chi connectivity index (χ3n) is 4.79. The number of ether oxygens (including phenoxy) is 2. The molecule has 2 N–H and O–H groups in total. The van der Waals surface area contributed by atoms with Gasteiger partial charge in [-0.3, -0.25) is 4.99 Å². The van der Waals surface area contributed by atoms with E-state index in [-0.39, 0.29) is 12.3 Å². The van der Waals surface area contributed by atoms with E-state index in [1.165, 1.54) is 5.69 Å². The van der Waals surface area contributed by atoms with E-state index in [0.29, 0.717) is 30.4 Å². The Morgan fingerprint density at radius 3 is 2.55 bits per heavy atom. The minimum Gasteiger partial charge on any atom is -0.490 e. The average molecular weight is 430 g/mol. The minimum atomic E-state index is -2.93. The zero-order valence-electron chi connectivity index (χ0n) is 17.8. The zero-order chi connectivity index (χ0) is 22.1. The summed E-state index contributed by atoms with van der Waals surface area (Å²) >= 11 is 0. The van der Waals surface area contributed by atoms with E-state index in [1.54, 1.807) is 32.2 Å². The largest absolute Gasteiger partial charge is 0.490 e. The molecule has 1 aliphatic heterocycles. The van der Waals surface area contributed by atoms with Crippen LogP contribution >= 0.6 is 0 Å². The number of halogens is 2. The number of hydrogen-bond acceptors (Lipinski definition) is 4. The van der Waals surface area contributed by atoms with Crippen LogP contribution in [0.5, 0.6) is 11.5 Å². The van der Waals surface area contributed by atoms with Gasteiger partial charge in [0.1, 0.15) is 0 Å². The molecule has 1 heterocycles. The molecule has 166 valence electrons. The van der Waals surface area contributed by atoms with E-state index < -0.39 is 6.61 Å². The van der Waals surface area contributed by atoms with Gasteiger partial charge in [0.2, 0.25) is 0 Å². The lowest BCUT2D eigenvalue weighted by Gasteiger charge is -2.19. The first-order valence-electron chi connectivity index (χ1n) is 10.2. The summed E-state index contributed by atoms with van der Waals surface area (Å²) in [6, 6.07) is 13.4. The molecule has 6 nitrogen and oxygen atoms in total. The van der Waals surface area contributed by atoms with Crippen molar-refractivity contribution >= 4 is 11.6 Å². The Hall–Kier alpha value is -3.29. The molecule has 8 heteroatoms. The number of para-hydroxylation sites is 1. The number of alkyl halides is 2. The number of anilines is 1. The molecular formula is C23H28F2N4O2. The van der Waals surface area contributed by atoms with Crippen LogP contribution in [0.2, 0.25) is 0 Å². The Labute approximate surface area is 181 Å². The molecule has 0 radical (unpaired) electrons. The van der Waals surface area contributed by atoms with Crippen molar-refractivity contribution < 1.29 is 18.3 Å². The topological polar surface area (TPSA) is 58.1 Å². The second kappa shape index (κ2) is 11.2. The predicted molar refractivity (Wildman–Crippen MR) is 119 cm³/mol. The smallest absolute Gasteiger partial charge is 0.387 e. The van der Waals surface area contributed by atoms with Gasteiger partial charge in [-0.25, -0.2) is 0 Å². The van der Waals surface area contributed by atoms with E-state index in [0.717, 1.165) is 18.7 Å². The highest BCUT2D eigenvalue weighted by atomic mass is 19.3. The van der Waals surface area contributed by atoms with E-state index in [4.69, 9.17) is 9.47 Å². The molecule has 31 heavy (non-hydrogen) atoms. The molecule has 2 aromatic carbocycles. The summed E-state index contributed by atoms with van der Waals surface area (Å²) < 4.78 is 35.9. The van der Waals surface area contributed by atoms with Crippen molar-refractivity contribution in [1.82, 2.24) is 10.6 Å². The average Bonchev–Trinajstić information content (AvgIpc) is 3.31. The minimum absolute atomic E-state index is 0.0363. The Balaban J connectivity index is 1.61. The van der Waals surface area contributed by atoms with Crippen molar-refractivity contribution in [3.63, 3.8) is 0 Å². The molecule has 0 fully saturated rings. The van der Waals surface area contributed by atoms with Crippen LogP contribution in [0.15, 0.2) is 59.6 Å². The van der Waals surface area contributed by atoms with Gasteiger partial charge in [0.25, 0.3) is 0 Å². The molecular weight excluding hydrogens is 402 g/mol. The Bertz CT molecular complexity index is 910. The van der Waals surface area contributed by atoms with Gasteiger partial charge in [0.05, 0.1) is 6.61 Å². The Morgan fingerprint density at radius 1 is 1.10 bits per heavy atom. The standard InChI is InChI=1S/C23H28F2N4O2/c1-3-30-20-11-7-9-18(21(20)31-22(24)25)16-28-23(26-2)27-15-17-8-6-10-19(14-17)29-12-4-5-13-29/h4-11,14,22H,3,12-13,15-16H2,1-2H3,(H2,26,27,28). The molecule has 2 aromatic rings. The summed E-state index contributed by atoms with van der Waals surface area (Å²) in [7, 11) is 1.66. The highest BCUT2D eigenvalue weighted by Gasteiger charge is 2.16. The second-order valence-corrected chi connectivity index (χ2v) is 6.88. The fourth-order valence-electron chi connectivity index (χ4n) is 3.33. The highest BCUT2D eigenvalue weighted by Crippen LogP contribution is 2.32. The third kappa shape index (κ3) is 6.34. The van der Waals surface area contributed by atoms with Crippen LogP contribution < -0.4 is 25.0 Å². The number of nitrogens with one attached hydrogen (secondary N) is 2. The number of hydrogen-bond donors (Lipinski definition) is 2. The fourth-order valence-corrected chi connectivity index (χ4v) is 3.33. The lowest BCUT2D eigenvalue weighted by molar-refractivity contribution is -0.0520. The van der Waals surface area contributed by atoms with Gasteiger partial charge in [0.15, 0.2) is 17.5 Å². The zero-order valence-corrected chi connectivity index (χ0v) is 17.8. The van der Waals surface area contributed by atoms with Crippen molar-refractivity contribution in [3.05, 3.63) is 65.7 Å². The van der Waals surface area contributed by atoms with Crippen molar-refractivity contribution in [3.8, 4) is 11.5 Å². The van der Waals surface area contributed by atoms with Crippen molar-refractivity contribution in [2.24, 2.45) is 4.99 Å². The maximum absolute atomic E-state index is 12.9. The summed E-state index contributed by atoms with van der Waals surface area (Å²) in [6.45, 7) is 1.88. The van der Waals surface area contributed by atoms with Crippen LogP contribution in [0.1, 0.15) is 18.1 Å². The molecule has 0 saturated carbocycles. The predicted octanol–water partition coefficient (Wildman–Crippen LogP) is 3.93. The van der Waals surface area contributed by atoms with Gasteiger partial charge in [-0.15, -0.1) is 0 Å². The number of rotatable bonds is 9. The first-order chi connectivity index (χ1) is 15.1. The lowest BCUT2D eigenvalue weighted by atomic mass is 10.2. The van der Waals surface area contributed by atoms with Crippen LogP contribution in [0, 0.1) is 0 Å². The molecule has 1 aliphatic rings. The van der Waals surface area contributed by atoms with Crippen molar-refractivity contribution in [1.29, 1.82) is 0 Å². The van der Waals surface area contributed by atoms with E-state index >= 15 is 0 Å². The summed E-state index contributed by atoms with van der Waals surface area (Å²) in [5, 5.41) is 6.40. The normalized spacial score (nSPS) is 13.6. The Morgan fingerprint density at radius 2 is 1.84 bits per heavy atom. The third-order valence-corrected chi connectivity index (χ3v) is 4.79. The monoisotopic (exact) mass is 430 g/mol. The SMILES string of the molecule is CCOc1cccc(CNC(=NC)NCc2cccc(N3CC=CC3)c2)c1OC(F)F. The Kier molecular flexibility index (Phi) is 8.09. The van der Waals surface area contributed by atoms with Gasteiger partial charge < -0.3 is 25.0 Å². The van der Waals surface area contributed by atoms with Crippen LogP contribution in [0.3, 0.4) is 0 Å². The van der Waals surface area contributed by atoms with Crippen molar-refractivity contribution in [2.75, 3.05) is 31.6 Å².